The number of esters is 1. The van der Waals surface area contributed by atoms with E-state index in [1.54, 1.807) is 11.9 Å². The van der Waals surface area contributed by atoms with Crippen LogP contribution in [-0.4, -0.2) is 60.7 Å². The molecule has 1 saturated heterocycles. The van der Waals surface area contributed by atoms with Crippen molar-refractivity contribution in [3.05, 3.63) is 33.9 Å². The van der Waals surface area contributed by atoms with Crippen LogP contribution in [0.2, 0.25) is 0 Å². The zero-order valence-electron chi connectivity index (χ0n) is 14.4. The summed E-state index contributed by atoms with van der Waals surface area (Å²) in [6.07, 6.45) is -0.166. The standard InChI is InChI=1S/C16H21N3O6/c1-10-7-18(8-11(2)25-10)15(20)9-24-16(21)12-4-5-13(17-3)14(6-12)19(22)23/h4-6,10-11,17H,7-9H2,1-3H3/t10-,11+. The van der Waals surface area contributed by atoms with E-state index in [1.165, 1.54) is 12.1 Å². The average molecular weight is 351 g/mol. The highest BCUT2D eigenvalue weighted by molar-refractivity contribution is 5.93. The minimum atomic E-state index is -0.784. The molecule has 136 valence electrons. The summed E-state index contributed by atoms with van der Waals surface area (Å²) < 4.78 is 10.6. The molecule has 1 heterocycles. The molecule has 0 aromatic heterocycles. The zero-order valence-corrected chi connectivity index (χ0v) is 14.4. The number of nitrogens with zero attached hydrogens (tertiary/aromatic N) is 2. The highest BCUT2D eigenvalue weighted by atomic mass is 16.6. The smallest absolute Gasteiger partial charge is 0.338 e. The Kier molecular flexibility index (Phi) is 5.92. The number of benzene rings is 1. The average Bonchev–Trinajstić information content (AvgIpc) is 2.57. The molecule has 0 aliphatic carbocycles. The summed E-state index contributed by atoms with van der Waals surface area (Å²) in [4.78, 5) is 36.3. The maximum Gasteiger partial charge on any atom is 0.338 e. The Bertz CT molecular complexity index is 668. The SMILES string of the molecule is CNc1ccc(C(=O)OCC(=O)N2C[C@@H](C)O[C@@H](C)C2)cc1[N+](=O)[O-]. The normalized spacial score (nSPS) is 20.0. The molecule has 25 heavy (non-hydrogen) atoms. The first-order valence-electron chi connectivity index (χ1n) is 7.88. The fourth-order valence-electron chi connectivity index (χ4n) is 2.70. The number of ether oxygens (including phenoxy) is 2. The molecule has 2 rings (SSSR count). The molecule has 0 spiro atoms. The molecule has 2 atom stereocenters. The highest BCUT2D eigenvalue weighted by Crippen LogP contribution is 2.25. The topological polar surface area (TPSA) is 111 Å². The molecule has 1 amide bonds. The molecule has 0 radical (unpaired) electrons. The van der Waals surface area contributed by atoms with Crippen LogP contribution in [0.3, 0.4) is 0 Å². The van der Waals surface area contributed by atoms with Gasteiger partial charge in [-0.1, -0.05) is 0 Å². The van der Waals surface area contributed by atoms with Crippen LogP contribution in [-0.2, 0) is 14.3 Å². The first kappa shape index (κ1) is 18.7. The van der Waals surface area contributed by atoms with Crippen molar-refractivity contribution >= 4 is 23.3 Å². The first-order chi connectivity index (χ1) is 11.8. The van der Waals surface area contributed by atoms with Crippen LogP contribution >= 0.6 is 0 Å². The molecule has 9 nitrogen and oxygen atoms in total. The molecule has 1 aromatic rings. The van der Waals surface area contributed by atoms with Gasteiger partial charge in [0.25, 0.3) is 11.6 Å². The molecule has 0 bridgehead atoms. The van der Waals surface area contributed by atoms with Crippen molar-refractivity contribution < 1.29 is 24.0 Å². The van der Waals surface area contributed by atoms with Gasteiger partial charge >= 0.3 is 5.97 Å². The second kappa shape index (κ2) is 7.93. The summed E-state index contributed by atoms with van der Waals surface area (Å²) in [5.41, 5.74) is 0.0650. The molecule has 1 aromatic carbocycles. The number of anilines is 1. The van der Waals surface area contributed by atoms with Crippen molar-refractivity contribution in [3.63, 3.8) is 0 Å². The van der Waals surface area contributed by atoms with Crippen LogP contribution in [0.5, 0.6) is 0 Å². The fourth-order valence-corrected chi connectivity index (χ4v) is 2.70. The number of amides is 1. The van der Waals surface area contributed by atoms with E-state index >= 15 is 0 Å². The highest BCUT2D eigenvalue weighted by Gasteiger charge is 2.26. The Morgan fingerprint density at radius 2 is 2.00 bits per heavy atom. The maximum atomic E-state index is 12.2. The molecular weight excluding hydrogens is 330 g/mol. The number of carbonyl (C=O) groups is 2. The number of nitrogens with one attached hydrogen (secondary N) is 1. The first-order valence-corrected chi connectivity index (χ1v) is 7.88. The lowest BCUT2D eigenvalue weighted by atomic mass is 10.1. The monoisotopic (exact) mass is 351 g/mol. The summed E-state index contributed by atoms with van der Waals surface area (Å²) in [5, 5.41) is 13.7. The molecule has 1 N–H and O–H groups in total. The van der Waals surface area contributed by atoms with E-state index in [9.17, 15) is 19.7 Å². The Morgan fingerprint density at radius 3 is 2.56 bits per heavy atom. The summed E-state index contributed by atoms with van der Waals surface area (Å²) in [6, 6.07) is 3.95. The Labute approximate surface area is 145 Å². The zero-order chi connectivity index (χ0) is 18.6. The largest absolute Gasteiger partial charge is 0.452 e. The van der Waals surface area contributed by atoms with Gasteiger partial charge in [-0.2, -0.15) is 0 Å². The number of carbonyl (C=O) groups excluding carboxylic acids is 2. The van der Waals surface area contributed by atoms with Crippen molar-refractivity contribution in [1.82, 2.24) is 4.90 Å². The van der Waals surface area contributed by atoms with E-state index in [1.807, 2.05) is 13.8 Å². The van der Waals surface area contributed by atoms with Crippen LogP contribution in [0.25, 0.3) is 0 Å². The van der Waals surface area contributed by atoms with E-state index < -0.39 is 17.5 Å². The number of nitro benzene ring substituents is 1. The Morgan fingerprint density at radius 1 is 1.36 bits per heavy atom. The van der Waals surface area contributed by atoms with Gasteiger partial charge in [0, 0.05) is 26.2 Å². The van der Waals surface area contributed by atoms with Gasteiger partial charge in [0.1, 0.15) is 5.69 Å². The van der Waals surface area contributed by atoms with E-state index in [0.29, 0.717) is 13.1 Å². The molecule has 0 unspecified atom stereocenters. The summed E-state index contributed by atoms with van der Waals surface area (Å²) in [5.74, 6) is -1.11. The summed E-state index contributed by atoms with van der Waals surface area (Å²) in [7, 11) is 1.54. The minimum absolute atomic E-state index is 0.0159. The van der Waals surface area contributed by atoms with Crippen LogP contribution in [0.4, 0.5) is 11.4 Å². The van der Waals surface area contributed by atoms with Gasteiger partial charge in [-0.25, -0.2) is 4.79 Å². The molecule has 9 heteroatoms. The molecular formula is C16H21N3O6. The lowest BCUT2D eigenvalue weighted by molar-refractivity contribution is -0.384. The predicted octanol–water partition coefficient (Wildman–Crippen LogP) is 1.43. The van der Waals surface area contributed by atoms with Crippen LogP contribution in [0.15, 0.2) is 18.2 Å². The second-order valence-corrected chi connectivity index (χ2v) is 5.87. The van der Waals surface area contributed by atoms with Gasteiger partial charge in [0.05, 0.1) is 22.7 Å². The number of morpholine rings is 1. The molecule has 1 aliphatic heterocycles. The van der Waals surface area contributed by atoms with Crippen molar-refractivity contribution in [3.8, 4) is 0 Å². The van der Waals surface area contributed by atoms with Crippen LogP contribution < -0.4 is 5.32 Å². The van der Waals surface area contributed by atoms with Crippen LogP contribution in [0, 0.1) is 10.1 Å². The minimum Gasteiger partial charge on any atom is -0.452 e. The van der Waals surface area contributed by atoms with Gasteiger partial charge in [0.2, 0.25) is 0 Å². The Balaban J connectivity index is 1.99. The van der Waals surface area contributed by atoms with E-state index in [2.05, 4.69) is 5.32 Å². The number of rotatable bonds is 5. The quantitative estimate of drug-likeness (QED) is 0.485. The van der Waals surface area contributed by atoms with E-state index in [0.717, 1.165) is 6.07 Å². The van der Waals surface area contributed by atoms with Gasteiger partial charge in [-0.3, -0.25) is 14.9 Å². The van der Waals surface area contributed by atoms with Crippen molar-refractivity contribution in [2.75, 3.05) is 32.1 Å². The van der Waals surface area contributed by atoms with E-state index in [-0.39, 0.29) is 35.1 Å². The summed E-state index contributed by atoms with van der Waals surface area (Å²) in [6.45, 7) is 4.18. The fraction of sp³-hybridized carbons (Fsp3) is 0.500. The number of nitro groups is 1. The van der Waals surface area contributed by atoms with Crippen molar-refractivity contribution in [1.29, 1.82) is 0 Å². The molecule has 1 fully saturated rings. The Hall–Kier alpha value is -2.68. The van der Waals surface area contributed by atoms with Gasteiger partial charge in [0.15, 0.2) is 6.61 Å². The third kappa shape index (κ3) is 4.66. The lowest BCUT2D eigenvalue weighted by Gasteiger charge is -2.35. The maximum absolute atomic E-state index is 12.2. The predicted molar refractivity (Wildman–Crippen MR) is 89.5 cm³/mol. The third-order valence-electron chi connectivity index (χ3n) is 3.80. The van der Waals surface area contributed by atoms with Crippen LogP contribution in [0.1, 0.15) is 24.2 Å². The van der Waals surface area contributed by atoms with E-state index in [4.69, 9.17) is 9.47 Å². The second-order valence-electron chi connectivity index (χ2n) is 5.87. The molecule has 0 saturated carbocycles. The van der Waals surface area contributed by atoms with Gasteiger partial charge in [-0.05, 0) is 26.0 Å². The van der Waals surface area contributed by atoms with Crippen molar-refractivity contribution in [2.45, 2.75) is 26.1 Å². The third-order valence-corrected chi connectivity index (χ3v) is 3.80. The van der Waals surface area contributed by atoms with Gasteiger partial charge < -0.3 is 19.7 Å². The molecule has 1 aliphatic rings. The number of hydrogen-bond acceptors (Lipinski definition) is 7. The summed E-state index contributed by atoms with van der Waals surface area (Å²) >= 11 is 0. The van der Waals surface area contributed by atoms with Gasteiger partial charge in [-0.15, -0.1) is 0 Å². The number of hydrogen-bond donors (Lipinski definition) is 1. The lowest BCUT2D eigenvalue weighted by Crippen LogP contribution is -2.49. The van der Waals surface area contributed by atoms with Crippen molar-refractivity contribution in [2.24, 2.45) is 0 Å².